The van der Waals surface area contributed by atoms with Gasteiger partial charge in [-0.1, -0.05) is 54.6 Å². The zero-order chi connectivity index (χ0) is 22.6. The Balaban J connectivity index is 1.38. The first kappa shape index (κ1) is 20.9. The van der Waals surface area contributed by atoms with Gasteiger partial charge in [0, 0.05) is 31.2 Å². The van der Waals surface area contributed by atoms with Gasteiger partial charge < -0.3 is 10.2 Å². The van der Waals surface area contributed by atoms with E-state index in [9.17, 15) is 9.59 Å². The minimum absolute atomic E-state index is 0.215. The molecule has 2 aromatic carbocycles. The van der Waals surface area contributed by atoms with E-state index in [-0.39, 0.29) is 17.2 Å². The lowest BCUT2D eigenvalue weighted by molar-refractivity contribution is 0.0945. The SMILES string of the molecule is O=C(NCc1ccc(N2CCCC2)nc1)c1nn(Cc2ccccc2)c(=O)c2ccccc12. The van der Waals surface area contributed by atoms with Crippen LogP contribution >= 0.6 is 0 Å². The summed E-state index contributed by atoms with van der Waals surface area (Å²) < 4.78 is 1.36. The van der Waals surface area contributed by atoms with E-state index in [1.165, 1.54) is 17.5 Å². The van der Waals surface area contributed by atoms with Gasteiger partial charge in [0.15, 0.2) is 5.69 Å². The molecule has 1 fully saturated rings. The van der Waals surface area contributed by atoms with Crippen LogP contribution in [0.3, 0.4) is 0 Å². The summed E-state index contributed by atoms with van der Waals surface area (Å²) in [6.07, 6.45) is 4.20. The predicted octanol–water partition coefficient (Wildman–Crippen LogP) is 3.37. The lowest BCUT2D eigenvalue weighted by Crippen LogP contribution is -2.30. The third-order valence-electron chi connectivity index (χ3n) is 5.95. The van der Waals surface area contributed by atoms with Crippen molar-refractivity contribution in [1.82, 2.24) is 20.1 Å². The molecular formula is C26H25N5O2. The number of nitrogens with zero attached hydrogens (tertiary/aromatic N) is 4. The van der Waals surface area contributed by atoms with E-state index < -0.39 is 0 Å². The zero-order valence-electron chi connectivity index (χ0n) is 18.3. The summed E-state index contributed by atoms with van der Waals surface area (Å²) in [6.45, 7) is 2.72. The molecule has 1 amide bonds. The van der Waals surface area contributed by atoms with Crippen LogP contribution < -0.4 is 15.8 Å². The number of hydrogen-bond acceptors (Lipinski definition) is 5. The molecule has 0 bridgehead atoms. The lowest BCUT2D eigenvalue weighted by Gasteiger charge is -2.16. The summed E-state index contributed by atoms with van der Waals surface area (Å²) in [7, 11) is 0. The van der Waals surface area contributed by atoms with E-state index in [0.29, 0.717) is 23.9 Å². The van der Waals surface area contributed by atoms with Gasteiger partial charge in [-0.25, -0.2) is 9.67 Å². The average Bonchev–Trinajstić information content (AvgIpc) is 3.40. The molecular weight excluding hydrogens is 414 g/mol. The van der Waals surface area contributed by atoms with E-state index in [4.69, 9.17) is 0 Å². The number of anilines is 1. The first-order valence-electron chi connectivity index (χ1n) is 11.2. The van der Waals surface area contributed by atoms with Gasteiger partial charge in [0.05, 0.1) is 11.9 Å². The Kier molecular flexibility index (Phi) is 5.85. The topological polar surface area (TPSA) is 80.1 Å². The highest BCUT2D eigenvalue weighted by Gasteiger charge is 2.17. The minimum Gasteiger partial charge on any atom is -0.357 e. The molecule has 7 heteroatoms. The van der Waals surface area contributed by atoms with Crippen molar-refractivity contribution < 1.29 is 4.79 Å². The van der Waals surface area contributed by atoms with E-state index in [1.807, 2.05) is 48.5 Å². The Bertz CT molecular complexity index is 1330. The molecule has 0 atom stereocenters. The molecule has 0 aliphatic carbocycles. The molecule has 0 spiro atoms. The summed E-state index contributed by atoms with van der Waals surface area (Å²) in [4.78, 5) is 32.9. The van der Waals surface area contributed by atoms with E-state index in [1.54, 1.807) is 24.4 Å². The van der Waals surface area contributed by atoms with Crippen LogP contribution in [-0.2, 0) is 13.1 Å². The van der Waals surface area contributed by atoms with Crippen molar-refractivity contribution in [2.45, 2.75) is 25.9 Å². The fourth-order valence-corrected chi connectivity index (χ4v) is 4.19. The van der Waals surface area contributed by atoms with Gasteiger partial charge >= 0.3 is 0 Å². The Morgan fingerprint density at radius 1 is 0.879 bits per heavy atom. The molecule has 0 unspecified atom stereocenters. The number of pyridine rings is 1. The Hall–Kier alpha value is -4.00. The third kappa shape index (κ3) is 4.48. The molecule has 4 aromatic rings. The van der Waals surface area contributed by atoms with Gasteiger partial charge in [0.25, 0.3) is 11.5 Å². The standard InChI is InChI=1S/C26H25N5O2/c32-25(28-17-20-12-13-23(27-16-20)30-14-6-7-15-30)24-21-10-4-5-11-22(21)26(33)31(29-24)18-19-8-2-1-3-9-19/h1-5,8-13,16H,6-7,14-15,17-18H2,(H,28,32). The largest absolute Gasteiger partial charge is 0.357 e. The lowest BCUT2D eigenvalue weighted by atomic mass is 10.1. The van der Waals surface area contributed by atoms with E-state index in [2.05, 4.69) is 20.3 Å². The van der Waals surface area contributed by atoms with Crippen LogP contribution in [0, 0.1) is 0 Å². The maximum absolute atomic E-state index is 13.1. The molecule has 0 saturated carbocycles. The summed E-state index contributed by atoms with van der Waals surface area (Å²) in [5, 5.41) is 8.41. The van der Waals surface area contributed by atoms with Crippen LogP contribution in [0.25, 0.3) is 10.8 Å². The highest BCUT2D eigenvalue weighted by molar-refractivity contribution is 6.04. The molecule has 0 radical (unpaired) electrons. The van der Waals surface area contributed by atoms with Crippen molar-refractivity contribution in [3.63, 3.8) is 0 Å². The zero-order valence-corrected chi connectivity index (χ0v) is 18.3. The summed E-state index contributed by atoms with van der Waals surface area (Å²) in [6, 6.07) is 20.7. The van der Waals surface area contributed by atoms with Gasteiger partial charge in [0.2, 0.25) is 0 Å². The first-order valence-corrected chi connectivity index (χ1v) is 11.2. The highest BCUT2D eigenvalue weighted by Crippen LogP contribution is 2.18. The maximum atomic E-state index is 13.1. The fraction of sp³-hybridized carbons (Fsp3) is 0.231. The number of nitrogens with one attached hydrogen (secondary N) is 1. The maximum Gasteiger partial charge on any atom is 0.274 e. The van der Waals surface area contributed by atoms with Gasteiger partial charge in [-0.05, 0) is 36.1 Å². The second-order valence-electron chi connectivity index (χ2n) is 8.24. The molecule has 1 aliphatic heterocycles. The van der Waals surface area contributed by atoms with Crippen LogP contribution in [0.4, 0.5) is 5.82 Å². The first-order chi connectivity index (χ1) is 16.2. The molecule has 2 aromatic heterocycles. The number of benzene rings is 2. The summed E-state index contributed by atoms with van der Waals surface area (Å²) in [5.41, 5.74) is 1.88. The molecule has 3 heterocycles. The molecule has 33 heavy (non-hydrogen) atoms. The predicted molar refractivity (Wildman–Crippen MR) is 128 cm³/mol. The number of amides is 1. The second-order valence-corrected chi connectivity index (χ2v) is 8.24. The fourth-order valence-electron chi connectivity index (χ4n) is 4.19. The smallest absolute Gasteiger partial charge is 0.274 e. The number of fused-ring (bicyclic) bond motifs is 1. The summed E-state index contributed by atoms with van der Waals surface area (Å²) in [5.74, 6) is 0.653. The van der Waals surface area contributed by atoms with Crippen molar-refractivity contribution in [2.75, 3.05) is 18.0 Å². The number of carbonyl (C=O) groups is 1. The number of rotatable bonds is 6. The van der Waals surface area contributed by atoms with Gasteiger partial charge in [-0.15, -0.1) is 0 Å². The normalized spacial score (nSPS) is 13.4. The van der Waals surface area contributed by atoms with Crippen molar-refractivity contribution >= 4 is 22.5 Å². The van der Waals surface area contributed by atoms with Crippen molar-refractivity contribution in [2.24, 2.45) is 0 Å². The number of aromatic nitrogens is 3. The van der Waals surface area contributed by atoms with Crippen LogP contribution in [0.2, 0.25) is 0 Å². The van der Waals surface area contributed by atoms with Gasteiger partial charge in [-0.3, -0.25) is 9.59 Å². The van der Waals surface area contributed by atoms with E-state index >= 15 is 0 Å². The molecule has 1 N–H and O–H groups in total. The van der Waals surface area contributed by atoms with Crippen LogP contribution in [-0.4, -0.2) is 33.8 Å². The highest BCUT2D eigenvalue weighted by atomic mass is 16.2. The van der Waals surface area contributed by atoms with Gasteiger partial charge in [0.1, 0.15) is 5.82 Å². The Morgan fingerprint density at radius 2 is 1.61 bits per heavy atom. The Morgan fingerprint density at radius 3 is 2.33 bits per heavy atom. The number of carbonyl (C=O) groups excluding carboxylic acids is 1. The average molecular weight is 440 g/mol. The van der Waals surface area contributed by atoms with Crippen molar-refractivity contribution in [1.29, 1.82) is 0 Å². The molecule has 166 valence electrons. The van der Waals surface area contributed by atoms with Crippen LogP contribution in [0.15, 0.2) is 77.7 Å². The van der Waals surface area contributed by atoms with Gasteiger partial charge in [-0.2, -0.15) is 5.10 Å². The monoisotopic (exact) mass is 439 g/mol. The third-order valence-corrected chi connectivity index (χ3v) is 5.95. The van der Waals surface area contributed by atoms with Crippen molar-refractivity contribution in [3.05, 3.63) is 100 Å². The number of hydrogen-bond donors (Lipinski definition) is 1. The molecule has 1 saturated heterocycles. The summed E-state index contributed by atoms with van der Waals surface area (Å²) >= 11 is 0. The van der Waals surface area contributed by atoms with Crippen LogP contribution in [0.5, 0.6) is 0 Å². The van der Waals surface area contributed by atoms with Crippen LogP contribution in [0.1, 0.15) is 34.5 Å². The second kappa shape index (κ2) is 9.24. The van der Waals surface area contributed by atoms with Crippen molar-refractivity contribution in [3.8, 4) is 0 Å². The molecule has 1 aliphatic rings. The molecule has 7 nitrogen and oxygen atoms in total. The quantitative estimate of drug-likeness (QED) is 0.498. The minimum atomic E-state index is -0.323. The Labute approximate surface area is 191 Å². The van der Waals surface area contributed by atoms with E-state index in [0.717, 1.165) is 30.0 Å². The molecule has 5 rings (SSSR count).